The minimum absolute atomic E-state index is 0. The maximum Gasteiger partial charge on any atom is 0.347 e. The number of rotatable bonds is 6. The van der Waals surface area contributed by atoms with Crippen molar-refractivity contribution in [2.24, 2.45) is 5.92 Å². The Hall–Kier alpha value is -2.53. The Morgan fingerprint density at radius 1 is 1.21 bits per heavy atom. The van der Waals surface area contributed by atoms with Crippen molar-refractivity contribution in [3.63, 3.8) is 0 Å². The summed E-state index contributed by atoms with van der Waals surface area (Å²) in [5.41, 5.74) is 3.23. The zero-order valence-electron chi connectivity index (χ0n) is 16.9. The molecule has 0 saturated heterocycles. The van der Waals surface area contributed by atoms with Crippen LogP contribution in [0.1, 0.15) is 33.4 Å². The Balaban J connectivity index is 0.00000280. The molecule has 1 aromatic carbocycles. The van der Waals surface area contributed by atoms with Gasteiger partial charge in [0.15, 0.2) is 5.60 Å². The van der Waals surface area contributed by atoms with Crippen molar-refractivity contribution in [3.05, 3.63) is 48.4 Å². The minimum atomic E-state index is -1.29. The van der Waals surface area contributed by atoms with Crippen molar-refractivity contribution < 1.29 is 14.6 Å². The fourth-order valence-corrected chi connectivity index (χ4v) is 3.35. The quantitative estimate of drug-likeness (QED) is 0.605. The third-order valence-electron chi connectivity index (χ3n) is 4.70. The first-order chi connectivity index (χ1) is 12.7. The molecule has 0 radical (unpaired) electrons. The summed E-state index contributed by atoms with van der Waals surface area (Å²) in [6, 6.07) is 9.80. The van der Waals surface area contributed by atoms with Crippen molar-refractivity contribution in [2.45, 2.75) is 46.8 Å². The van der Waals surface area contributed by atoms with E-state index in [1.807, 2.05) is 30.3 Å². The van der Waals surface area contributed by atoms with Crippen LogP contribution in [0.25, 0.3) is 22.0 Å². The average molecular weight is 403 g/mol. The van der Waals surface area contributed by atoms with Gasteiger partial charge in [-0.25, -0.2) is 4.79 Å². The lowest BCUT2D eigenvalue weighted by molar-refractivity contribution is -0.152. The van der Waals surface area contributed by atoms with Gasteiger partial charge in [-0.15, -0.1) is 12.4 Å². The van der Waals surface area contributed by atoms with Gasteiger partial charge in [-0.3, -0.25) is 4.98 Å². The molecule has 6 heteroatoms. The smallest absolute Gasteiger partial charge is 0.347 e. The number of carboxylic acid groups (broad SMARTS) is 1. The second kappa shape index (κ2) is 8.23. The van der Waals surface area contributed by atoms with Gasteiger partial charge in [0.05, 0.1) is 0 Å². The van der Waals surface area contributed by atoms with Gasteiger partial charge in [0, 0.05) is 41.1 Å². The van der Waals surface area contributed by atoms with Crippen molar-refractivity contribution in [1.82, 2.24) is 9.55 Å². The lowest BCUT2D eigenvalue weighted by atomic mass is 10.0. The van der Waals surface area contributed by atoms with Gasteiger partial charge >= 0.3 is 5.97 Å². The Kier molecular flexibility index (Phi) is 6.40. The van der Waals surface area contributed by atoms with Gasteiger partial charge < -0.3 is 14.4 Å². The first kappa shape index (κ1) is 21.8. The monoisotopic (exact) mass is 402 g/mol. The van der Waals surface area contributed by atoms with Crippen LogP contribution in [-0.2, 0) is 11.3 Å². The molecule has 0 spiro atoms. The number of ether oxygens (including phenoxy) is 1. The summed E-state index contributed by atoms with van der Waals surface area (Å²) in [5, 5.41) is 10.4. The van der Waals surface area contributed by atoms with E-state index < -0.39 is 11.6 Å². The molecule has 3 aromatic rings. The molecular formula is C22H27ClN2O3. The molecule has 150 valence electrons. The standard InChI is InChI=1S/C22H26N2O3.ClH/c1-14(2)13-24-15(3)20(16-8-10-23-11-9-16)18-12-17(6-7-19(18)24)27-22(4,5)21(25)26;/h6-12,14H,13H2,1-5H3,(H,25,26);1H. The number of pyridine rings is 1. The number of hydrogen-bond acceptors (Lipinski definition) is 3. The Labute approximate surface area is 171 Å². The molecule has 0 unspecified atom stereocenters. The Morgan fingerprint density at radius 2 is 1.86 bits per heavy atom. The van der Waals surface area contributed by atoms with Crippen LogP contribution in [0.3, 0.4) is 0 Å². The molecular weight excluding hydrogens is 376 g/mol. The van der Waals surface area contributed by atoms with E-state index in [-0.39, 0.29) is 12.4 Å². The fourth-order valence-electron chi connectivity index (χ4n) is 3.35. The molecule has 5 nitrogen and oxygen atoms in total. The average Bonchev–Trinajstić information content (AvgIpc) is 2.86. The van der Waals surface area contributed by atoms with E-state index in [1.165, 1.54) is 5.69 Å². The molecule has 2 aromatic heterocycles. The second-order valence-corrected chi connectivity index (χ2v) is 7.80. The number of aliphatic carboxylic acids is 1. The van der Waals surface area contributed by atoms with Crippen LogP contribution in [-0.4, -0.2) is 26.2 Å². The van der Waals surface area contributed by atoms with Gasteiger partial charge in [-0.2, -0.15) is 0 Å². The number of aromatic nitrogens is 2. The number of fused-ring (bicyclic) bond motifs is 1. The van der Waals surface area contributed by atoms with E-state index in [9.17, 15) is 9.90 Å². The van der Waals surface area contributed by atoms with Crippen LogP contribution in [0.15, 0.2) is 42.7 Å². The third kappa shape index (κ3) is 4.14. The largest absolute Gasteiger partial charge is 0.478 e. The predicted molar refractivity (Wildman–Crippen MR) is 114 cm³/mol. The van der Waals surface area contributed by atoms with Crippen LogP contribution in [0.4, 0.5) is 0 Å². The van der Waals surface area contributed by atoms with Crippen LogP contribution >= 0.6 is 12.4 Å². The lowest BCUT2D eigenvalue weighted by Crippen LogP contribution is -2.37. The highest BCUT2D eigenvalue weighted by Gasteiger charge is 2.29. The topological polar surface area (TPSA) is 64.3 Å². The van der Waals surface area contributed by atoms with Gasteiger partial charge in [0.25, 0.3) is 0 Å². The van der Waals surface area contributed by atoms with Gasteiger partial charge in [0.2, 0.25) is 0 Å². The summed E-state index contributed by atoms with van der Waals surface area (Å²) >= 11 is 0. The van der Waals surface area contributed by atoms with E-state index >= 15 is 0 Å². The van der Waals surface area contributed by atoms with E-state index in [0.717, 1.165) is 28.6 Å². The van der Waals surface area contributed by atoms with Crippen LogP contribution < -0.4 is 4.74 Å². The highest BCUT2D eigenvalue weighted by Crippen LogP contribution is 2.37. The van der Waals surface area contributed by atoms with E-state index in [2.05, 4.69) is 30.3 Å². The zero-order chi connectivity index (χ0) is 19.8. The molecule has 0 aliphatic rings. The van der Waals surface area contributed by atoms with Crippen LogP contribution in [0, 0.1) is 12.8 Å². The summed E-state index contributed by atoms with van der Waals surface area (Å²) in [7, 11) is 0. The molecule has 0 saturated carbocycles. The molecule has 0 fully saturated rings. The van der Waals surface area contributed by atoms with Crippen molar-refractivity contribution >= 4 is 29.3 Å². The second-order valence-electron chi connectivity index (χ2n) is 7.80. The highest BCUT2D eigenvalue weighted by atomic mass is 35.5. The maximum atomic E-state index is 11.4. The zero-order valence-corrected chi connectivity index (χ0v) is 17.7. The minimum Gasteiger partial charge on any atom is -0.478 e. The normalized spacial score (nSPS) is 11.5. The summed E-state index contributed by atoms with van der Waals surface area (Å²) in [6.45, 7) is 10.5. The van der Waals surface area contributed by atoms with Crippen LogP contribution in [0.2, 0.25) is 0 Å². The van der Waals surface area contributed by atoms with Gasteiger partial charge in [-0.05, 0) is 62.6 Å². The number of benzene rings is 1. The SMILES string of the molecule is Cc1c(-c2ccncc2)c2cc(OC(C)(C)C(=O)O)ccc2n1CC(C)C.Cl. The van der Waals surface area contributed by atoms with Crippen molar-refractivity contribution in [3.8, 4) is 16.9 Å². The van der Waals surface area contributed by atoms with E-state index in [4.69, 9.17) is 4.74 Å². The number of hydrogen-bond donors (Lipinski definition) is 1. The number of carboxylic acids is 1. The predicted octanol–water partition coefficient (Wildman–Crippen LogP) is 5.33. The first-order valence-corrected chi connectivity index (χ1v) is 9.16. The summed E-state index contributed by atoms with van der Waals surface area (Å²) in [6.07, 6.45) is 3.57. The van der Waals surface area contributed by atoms with Crippen molar-refractivity contribution in [2.75, 3.05) is 0 Å². The van der Waals surface area contributed by atoms with E-state index in [1.54, 1.807) is 26.2 Å². The molecule has 2 heterocycles. The summed E-state index contributed by atoms with van der Waals surface area (Å²) < 4.78 is 8.09. The molecule has 0 atom stereocenters. The number of carbonyl (C=O) groups is 1. The van der Waals surface area contributed by atoms with Crippen LogP contribution in [0.5, 0.6) is 5.75 Å². The Morgan fingerprint density at radius 3 is 2.43 bits per heavy atom. The molecule has 0 bridgehead atoms. The van der Waals surface area contributed by atoms with Gasteiger partial charge in [-0.1, -0.05) is 13.8 Å². The molecule has 0 aliphatic carbocycles. The first-order valence-electron chi connectivity index (χ1n) is 9.16. The lowest BCUT2D eigenvalue weighted by Gasteiger charge is -2.21. The number of nitrogens with zero attached hydrogens (tertiary/aromatic N) is 2. The fraction of sp³-hybridized carbons (Fsp3) is 0.364. The molecule has 0 amide bonds. The molecule has 1 N–H and O–H groups in total. The summed E-state index contributed by atoms with van der Waals surface area (Å²) in [5.74, 6) is 0.0591. The summed E-state index contributed by atoms with van der Waals surface area (Å²) in [4.78, 5) is 15.5. The maximum absolute atomic E-state index is 11.4. The number of halogens is 1. The molecule has 3 rings (SSSR count). The Bertz CT molecular complexity index is 978. The van der Waals surface area contributed by atoms with E-state index in [0.29, 0.717) is 11.7 Å². The molecule has 0 aliphatic heterocycles. The van der Waals surface area contributed by atoms with Gasteiger partial charge in [0.1, 0.15) is 5.75 Å². The third-order valence-corrected chi connectivity index (χ3v) is 4.70. The molecule has 28 heavy (non-hydrogen) atoms. The van der Waals surface area contributed by atoms with Crippen molar-refractivity contribution in [1.29, 1.82) is 0 Å². The highest BCUT2D eigenvalue weighted by molar-refractivity contribution is 5.99.